The van der Waals surface area contributed by atoms with Gasteiger partial charge in [-0.1, -0.05) is 6.32 Å². The van der Waals surface area contributed by atoms with Crippen molar-refractivity contribution in [1.29, 1.82) is 0 Å². The highest BCUT2D eigenvalue weighted by Crippen LogP contribution is 2.15. The molecule has 0 heterocycles. The summed E-state index contributed by atoms with van der Waals surface area (Å²) in [6.07, 6.45) is 0.474. The fraction of sp³-hybridized carbons (Fsp3) is 1.00. The average molecular weight is 198 g/mol. The first-order valence-electron chi connectivity index (χ1n) is 5.16. The molecule has 0 N–H and O–H groups in total. The quantitative estimate of drug-likeness (QED) is 0.646. The average Bonchev–Trinajstić information content (AvgIpc) is 1.94. The molecule has 0 aliphatic carbocycles. The van der Waals surface area contributed by atoms with Gasteiger partial charge in [-0.25, -0.2) is 0 Å². The molecular weight excluding hydrogens is 175 g/mol. The van der Waals surface area contributed by atoms with Crippen molar-refractivity contribution in [2.75, 3.05) is 6.61 Å². The summed E-state index contributed by atoms with van der Waals surface area (Å²) in [5.74, 6) is 0. The van der Waals surface area contributed by atoms with Gasteiger partial charge in [0.25, 0.3) is 0 Å². The second kappa shape index (κ2) is 5.17. The third-order valence-electron chi connectivity index (χ3n) is 1.49. The third-order valence-corrected chi connectivity index (χ3v) is 1.49. The molecule has 0 aliphatic heterocycles. The zero-order chi connectivity index (χ0) is 11.4. The first-order valence-corrected chi connectivity index (χ1v) is 5.16. The van der Waals surface area contributed by atoms with Crippen LogP contribution in [0.3, 0.4) is 0 Å². The van der Waals surface area contributed by atoms with Gasteiger partial charge in [0, 0.05) is 0 Å². The Morgan fingerprint density at radius 1 is 1.00 bits per heavy atom. The number of hydrogen-bond donors (Lipinski definition) is 0. The molecule has 0 amide bonds. The minimum Gasteiger partial charge on any atom is -0.373 e. The highest BCUT2D eigenvalue weighted by atomic mass is 16.6. The zero-order valence-corrected chi connectivity index (χ0v) is 10.4. The number of rotatable bonds is 4. The summed E-state index contributed by atoms with van der Waals surface area (Å²) in [4.78, 5) is 0. The topological polar surface area (TPSA) is 18.5 Å². The van der Waals surface area contributed by atoms with Gasteiger partial charge in [-0.15, -0.1) is 0 Å². The monoisotopic (exact) mass is 198 g/mol. The Morgan fingerprint density at radius 2 is 1.50 bits per heavy atom. The predicted molar refractivity (Wildman–Crippen MR) is 60.9 cm³/mol. The maximum atomic E-state index is 5.73. The van der Waals surface area contributed by atoms with Gasteiger partial charge in [-0.05, 0) is 41.5 Å². The molecule has 3 heteroatoms. The number of hydrogen-bond acceptors (Lipinski definition) is 2. The summed E-state index contributed by atoms with van der Waals surface area (Å²) in [5, 5.41) is 0. The van der Waals surface area contributed by atoms with Gasteiger partial charge in [-0.3, -0.25) is 0 Å². The molecule has 0 aromatic carbocycles. The van der Waals surface area contributed by atoms with E-state index in [-0.39, 0.29) is 17.3 Å². The lowest BCUT2D eigenvalue weighted by molar-refractivity contribution is -0.111. The van der Waals surface area contributed by atoms with Crippen molar-refractivity contribution in [3.05, 3.63) is 0 Å². The minimum absolute atomic E-state index is 0.0192. The summed E-state index contributed by atoms with van der Waals surface area (Å²) >= 11 is 0. The van der Waals surface area contributed by atoms with Crippen molar-refractivity contribution in [2.45, 2.75) is 65.2 Å². The Balaban J connectivity index is 3.93. The van der Waals surface area contributed by atoms with Crippen molar-refractivity contribution in [1.82, 2.24) is 0 Å². The van der Waals surface area contributed by atoms with E-state index in [9.17, 15) is 0 Å². The lowest BCUT2D eigenvalue weighted by Gasteiger charge is -2.29. The van der Waals surface area contributed by atoms with Gasteiger partial charge in [0.2, 0.25) is 0 Å². The SMILES string of the molecule is [B]CC(COC(C)(C)C)OC(C)(C)C. The van der Waals surface area contributed by atoms with Crippen LogP contribution >= 0.6 is 0 Å². The van der Waals surface area contributed by atoms with Crippen LogP contribution in [0.5, 0.6) is 0 Å². The van der Waals surface area contributed by atoms with Crippen LogP contribution in [0.1, 0.15) is 41.5 Å². The van der Waals surface area contributed by atoms with Crippen LogP contribution < -0.4 is 0 Å². The molecule has 0 aliphatic rings. The van der Waals surface area contributed by atoms with E-state index in [0.717, 1.165) is 0 Å². The maximum absolute atomic E-state index is 5.73. The van der Waals surface area contributed by atoms with E-state index in [0.29, 0.717) is 12.9 Å². The van der Waals surface area contributed by atoms with Crippen LogP contribution in [-0.2, 0) is 9.47 Å². The summed E-state index contributed by atoms with van der Waals surface area (Å²) < 4.78 is 11.4. The summed E-state index contributed by atoms with van der Waals surface area (Å²) in [7, 11) is 5.60. The Morgan fingerprint density at radius 3 is 1.79 bits per heavy atom. The number of ether oxygens (including phenoxy) is 2. The van der Waals surface area contributed by atoms with E-state index in [1.165, 1.54) is 0 Å². The maximum Gasteiger partial charge on any atom is 0.0739 e. The van der Waals surface area contributed by atoms with E-state index in [1.54, 1.807) is 0 Å². The van der Waals surface area contributed by atoms with E-state index < -0.39 is 0 Å². The van der Waals surface area contributed by atoms with Gasteiger partial charge >= 0.3 is 0 Å². The molecule has 0 spiro atoms. The predicted octanol–water partition coefficient (Wildman–Crippen LogP) is 2.57. The zero-order valence-electron chi connectivity index (χ0n) is 10.4. The molecule has 14 heavy (non-hydrogen) atoms. The summed E-state index contributed by atoms with van der Waals surface area (Å²) in [6.45, 7) is 12.7. The highest BCUT2D eigenvalue weighted by molar-refractivity contribution is 6.08. The van der Waals surface area contributed by atoms with Crippen LogP contribution in [0.25, 0.3) is 0 Å². The largest absolute Gasteiger partial charge is 0.373 e. The summed E-state index contributed by atoms with van der Waals surface area (Å²) in [5.41, 5.74) is -0.292. The fourth-order valence-corrected chi connectivity index (χ4v) is 0.993. The van der Waals surface area contributed by atoms with Crippen molar-refractivity contribution in [3.8, 4) is 0 Å². The molecule has 0 rings (SSSR count). The first-order chi connectivity index (χ1) is 6.14. The molecule has 2 nitrogen and oxygen atoms in total. The van der Waals surface area contributed by atoms with E-state index >= 15 is 0 Å². The van der Waals surface area contributed by atoms with Gasteiger partial charge < -0.3 is 9.47 Å². The van der Waals surface area contributed by atoms with Crippen LogP contribution in [0.2, 0.25) is 6.32 Å². The second-order valence-electron chi connectivity index (χ2n) is 5.51. The summed E-state index contributed by atoms with van der Waals surface area (Å²) in [6, 6.07) is 0. The van der Waals surface area contributed by atoms with Gasteiger partial charge in [-0.2, -0.15) is 0 Å². The normalized spacial score (nSPS) is 15.6. The molecule has 0 saturated heterocycles. The Hall–Kier alpha value is -0.0151. The second-order valence-corrected chi connectivity index (χ2v) is 5.51. The molecule has 2 radical (unpaired) electrons. The Labute approximate surface area is 89.8 Å². The lowest BCUT2D eigenvalue weighted by atomic mass is 9.99. The molecule has 0 saturated carbocycles. The van der Waals surface area contributed by atoms with Gasteiger partial charge in [0.15, 0.2) is 0 Å². The molecule has 0 fully saturated rings. The standard InChI is InChI=1S/C11H23BO2/c1-10(2,3)13-8-9(7-12)14-11(4,5)6/h9H,7-8H2,1-6H3. The van der Waals surface area contributed by atoms with E-state index in [2.05, 4.69) is 0 Å². The molecule has 1 atom stereocenters. The minimum atomic E-state index is -0.161. The van der Waals surface area contributed by atoms with Crippen molar-refractivity contribution in [3.63, 3.8) is 0 Å². The fourth-order valence-electron chi connectivity index (χ4n) is 0.993. The van der Waals surface area contributed by atoms with Crippen molar-refractivity contribution >= 4 is 7.85 Å². The smallest absolute Gasteiger partial charge is 0.0739 e. The third kappa shape index (κ3) is 8.58. The molecule has 1 unspecified atom stereocenters. The van der Waals surface area contributed by atoms with Crippen molar-refractivity contribution < 1.29 is 9.47 Å². The Kier molecular flexibility index (Phi) is 5.17. The molecular formula is C11H23BO2. The van der Waals surface area contributed by atoms with Crippen LogP contribution in [0.15, 0.2) is 0 Å². The van der Waals surface area contributed by atoms with Crippen LogP contribution in [-0.4, -0.2) is 31.8 Å². The molecule has 82 valence electrons. The van der Waals surface area contributed by atoms with Gasteiger partial charge in [0.05, 0.1) is 31.8 Å². The first kappa shape index (κ1) is 14.0. The Bertz CT molecular complexity index is 156. The lowest BCUT2D eigenvalue weighted by Crippen LogP contribution is -2.33. The molecule has 0 aromatic rings. The van der Waals surface area contributed by atoms with Crippen LogP contribution in [0.4, 0.5) is 0 Å². The van der Waals surface area contributed by atoms with E-state index in [1.807, 2.05) is 41.5 Å². The molecule has 0 bridgehead atoms. The van der Waals surface area contributed by atoms with Crippen LogP contribution in [0, 0.1) is 0 Å². The van der Waals surface area contributed by atoms with Crippen molar-refractivity contribution in [2.24, 2.45) is 0 Å². The molecule has 0 aromatic heterocycles. The van der Waals surface area contributed by atoms with Gasteiger partial charge in [0.1, 0.15) is 0 Å². The highest BCUT2D eigenvalue weighted by Gasteiger charge is 2.19. The van der Waals surface area contributed by atoms with E-state index in [4.69, 9.17) is 17.3 Å².